The van der Waals surface area contributed by atoms with Crippen LogP contribution in [-0.2, 0) is 4.74 Å². The van der Waals surface area contributed by atoms with Crippen LogP contribution in [0.5, 0.6) is 5.75 Å². The summed E-state index contributed by atoms with van der Waals surface area (Å²) in [4.78, 5) is 11.3. The Bertz CT molecular complexity index is 361. The minimum Gasteiger partial charge on any atom is -0.487 e. The fourth-order valence-corrected chi connectivity index (χ4v) is 1.14. The number of hydrogen-bond donors (Lipinski definition) is 0. The van der Waals surface area contributed by atoms with Crippen LogP contribution in [0.15, 0.2) is 18.2 Å². The summed E-state index contributed by atoms with van der Waals surface area (Å²) in [6, 6.07) is 4.14. The second-order valence-corrected chi connectivity index (χ2v) is 3.27. The first-order valence-corrected chi connectivity index (χ1v) is 4.59. The molecule has 82 valence electrons. The fourth-order valence-electron chi connectivity index (χ4n) is 1.14. The Kier molecular flexibility index (Phi) is 3.66. The summed E-state index contributed by atoms with van der Waals surface area (Å²) in [5, 5.41) is 0. The highest BCUT2D eigenvalue weighted by atomic mass is 19.1. The van der Waals surface area contributed by atoms with Gasteiger partial charge in [0.1, 0.15) is 5.56 Å². The molecule has 0 fully saturated rings. The van der Waals surface area contributed by atoms with Gasteiger partial charge < -0.3 is 9.47 Å². The monoisotopic (exact) mass is 212 g/mol. The van der Waals surface area contributed by atoms with Crippen LogP contribution in [0, 0.1) is 5.82 Å². The molecule has 15 heavy (non-hydrogen) atoms. The molecule has 0 unspecified atom stereocenters. The van der Waals surface area contributed by atoms with Crippen molar-refractivity contribution in [1.29, 1.82) is 0 Å². The Morgan fingerprint density at radius 1 is 1.40 bits per heavy atom. The van der Waals surface area contributed by atoms with E-state index in [1.54, 1.807) is 13.8 Å². The molecular formula is C11H13FO3. The minimum atomic E-state index is -0.606. The Balaban J connectivity index is 3.14. The molecule has 0 bridgehead atoms. The van der Waals surface area contributed by atoms with Gasteiger partial charge in [0.2, 0.25) is 0 Å². The van der Waals surface area contributed by atoms with Crippen LogP contribution in [0.1, 0.15) is 24.2 Å². The van der Waals surface area contributed by atoms with Crippen LogP contribution in [0.25, 0.3) is 0 Å². The highest BCUT2D eigenvalue weighted by Gasteiger charge is 2.17. The Hall–Kier alpha value is -1.58. The van der Waals surface area contributed by atoms with E-state index < -0.39 is 11.8 Å². The molecule has 0 saturated carbocycles. The molecule has 0 N–H and O–H groups in total. The number of hydrogen-bond acceptors (Lipinski definition) is 3. The molecular weight excluding hydrogens is 199 g/mol. The smallest absolute Gasteiger partial charge is 0.341 e. The van der Waals surface area contributed by atoms with E-state index in [1.807, 2.05) is 0 Å². The third-order valence-corrected chi connectivity index (χ3v) is 1.73. The van der Waals surface area contributed by atoms with Gasteiger partial charge in [-0.15, -0.1) is 0 Å². The number of para-hydroxylation sites is 1. The number of halogens is 1. The van der Waals surface area contributed by atoms with E-state index in [1.165, 1.54) is 25.3 Å². The van der Waals surface area contributed by atoms with Crippen molar-refractivity contribution in [2.24, 2.45) is 0 Å². The highest BCUT2D eigenvalue weighted by molar-refractivity contribution is 5.92. The first kappa shape index (κ1) is 11.5. The number of ether oxygens (including phenoxy) is 2. The minimum absolute atomic E-state index is 0.0562. The highest BCUT2D eigenvalue weighted by Crippen LogP contribution is 2.24. The summed E-state index contributed by atoms with van der Waals surface area (Å²) in [5.41, 5.74) is 0.103. The fraction of sp³-hybridized carbons (Fsp3) is 0.364. The maximum absolute atomic E-state index is 13.4. The van der Waals surface area contributed by atoms with Gasteiger partial charge in [-0.2, -0.15) is 0 Å². The van der Waals surface area contributed by atoms with Gasteiger partial charge in [0, 0.05) is 0 Å². The number of esters is 1. The van der Waals surface area contributed by atoms with E-state index in [0.717, 1.165) is 0 Å². The molecule has 0 aliphatic heterocycles. The van der Waals surface area contributed by atoms with E-state index in [2.05, 4.69) is 4.74 Å². The van der Waals surface area contributed by atoms with Crippen LogP contribution in [0.2, 0.25) is 0 Å². The SMILES string of the molecule is COC(=O)c1cccc(F)c1OC(C)C. The summed E-state index contributed by atoms with van der Waals surface area (Å²) >= 11 is 0. The lowest BCUT2D eigenvalue weighted by Crippen LogP contribution is -2.12. The average Bonchev–Trinajstić information content (AvgIpc) is 2.19. The Morgan fingerprint density at radius 2 is 2.07 bits per heavy atom. The average molecular weight is 212 g/mol. The summed E-state index contributed by atoms with van der Waals surface area (Å²) < 4.78 is 23.1. The lowest BCUT2D eigenvalue weighted by molar-refractivity contribution is 0.0593. The first-order valence-electron chi connectivity index (χ1n) is 4.59. The Labute approximate surface area is 87.8 Å². The van der Waals surface area contributed by atoms with Crippen molar-refractivity contribution in [1.82, 2.24) is 0 Å². The molecule has 0 aliphatic rings. The van der Waals surface area contributed by atoms with Crippen molar-refractivity contribution < 1.29 is 18.7 Å². The zero-order valence-electron chi connectivity index (χ0n) is 8.91. The number of carbonyl (C=O) groups excluding carboxylic acids is 1. The van der Waals surface area contributed by atoms with Crippen LogP contribution in [0.3, 0.4) is 0 Å². The van der Waals surface area contributed by atoms with Crippen LogP contribution >= 0.6 is 0 Å². The molecule has 1 aromatic rings. The van der Waals surface area contributed by atoms with Gasteiger partial charge in [-0.25, -0.2) is 9.18 Å². The molecule has 3 nitrogen and oxygen atoms in total. The third-order valence-electron chi connectivity index (χ3n) is 1.73. The Morgan fingerprint density at radius 3 is 2.60 bits per heavy atom. The number of benzene rings is 1. The van der Waals surface area contributed by atoms with Gasteiger partial charge >= 0.3 is 5.97 Å². The van der Waals surface area contributed by atoms with E-state index in [9.17, 15) is 9.18 Å². The normalized spacial score (nSPS) is 10.2. The van der Waals surface area contributed by atoms with Crippen molar-refractivity contribution >= 4 is 5.97 Å². The van der Waals surface area contributed by atoms with Crippen molar-refractivity contribution in [2.75, 3.05) is 7.11 Å². The van der Waals surface area contributed by atoms with E-state index in [-0.39, 0.29) is 17.4 Å². The van der Waals surface area contributed by atoms with E-state index in [4.69, 9.17) is 4.74 Å². The van der Waals surface area contributed by atoms with Crippen molar-refractivity contribution in [2.45, 2.75) is 20.0 Å². The molecule has 0 radical (unpaired) electrons. The summed E-state index contributed by atoms with van der Waals surface area (Å²) in [5.74, 6) is -1.23. The zero-order chi connectivity index (χ0) is 11.4. The first-order chi connectivity index (χ1) is 7.06. The number of methoxy groups -OCH3 is 1. The van der Waals surface area contributed by atoms with Gasteiger partial charge in [-0.05, 0) is 26.0 Å². The number of rotatable bonds is 3. The molecule has 1 aromatic carbocycles. The molecule has 0 heterocycles. The molecule has 0 amide bonds. The standard InChI is InChI=1S/C11H13FO3/c1-7(2)15-10-8(11(13)14-3)5-4-6-9(10)12/h4-7H,1-3H3. The lowest BCUT2D eigenvalue weighted by atomic mass is 10.2. The second-order valence-electron chi connectivity index (χ2n) is 3.27. The molecule has 0 aliphatic carbocycles. The zero-order valence-corrected chi connectivity index (χ0v) is 8.91. The van der Waals surface area contributed by atoms with Gasteiger partial charge in [0.15, 0.2) is 11.6 Å². The van der Waals surface area contributed by atoms with Gasteiger partial charge in [-0.3, -0.25) is 0 Å². The van der Waals surface area contributed by atoms with E-state index >= 15 is 0 Å². The predicted octanol–water partition coefficient (Wildman–Crippen LogP) is 2.40. The number of carbonyl (C=O) groups is 1. The quantitative estimate of drug-likeness (QED) is 0.722. The second kappa shape index (κ2) is 4.77. The van der Waals surface area contributed by atoms with Crippen molar-refractivity contribution in [3.8, 4) is 5.75 Å². The lowest BCUT2D eigenvalue weighted by Gasteiger charge is -2.13. The topological polar surface area (TPSA) is 35.5 Å². The van der Waals surface area contributed by atoms with Crippen molar-refractivity contribution in [3.05, 3.63) is 29.6 Å². The predicted molar refractivity (Wildman–Crippen MR) is 53.5 cm³/mol. The molecule has 0 aromatic heterocycles. The van der Waals surface area contributed by atoms with Gasteiger partial charge in [0.25, 0.3) is 0 Å². The molecule has 0 saturated heterocycles. The summed E-state index contributed by atoms with van der Waals surface area (Å²) in [7, 11) is 1.24. The maximum atomic E-state index is 13.4. The molecule has 0 spiro atoms. The van der Waals surface area contributed by atoms with Crippen LogP contribution < -0.4 is 4.74 Å². The van der Waals surface area contributed by atoms with E-state index in [0.29, 0.717) is 0 Å². The summed E-state index contributed by atoms with van der Waals surface area (Å²) in [6.45, 7) is 3.51. The molecule has 0 atom stereocenters. The van der Waals surface area contributed by atoms with Crippen LogP contribution in [0.4, 0.5) is 4.39 Å². The summed E-state index contributed by atoms with van der Waals surface area (Å²) in [6.07, 6.45) is -0.203. The van der Waals surface area contributed by atoms with Gasteiger partial charge in [-0.1, -0.05) is 6.07 Å². The van der Waals surface area contributed by atoms with Crippen molar-refractivity contribution in [3.63, 3.8) is 0 Å². The molecule has 4 heteroatoms. The van der Waals surface area contributed by atoms with Gasteiger partial charge in [0.05, 0.1) is 13.2 Å². The maximum Gasteiger partial charge on any atom is 0.341 e. The van der Waals surface area contributed by atoms with Crippen LogP contribution in [-0.4, -0.2) is 19.2 Å². The third kappa shape index (κ3) is 2.68. The molecule has 1 rings (SSSR count). The largest absolute Gasteiger partial charge is 0.487 e.